The molecule has 0 saturated heterocycles. The largest absolute Gasteiger partial charge is 0.252 e. The van der Waals surface area contributed by atoms with Gasteiger partial charge in [0.15, 0.2) is 0 Å². The average molecular weight is 150 g/mol. The number of nitrogens with zero attached hydrogens (tertiary/aromatic N) is 2. The molecule has 0 saturated carbocycles. The fraction of sp³-hybridized carbons (Fsp3) is 0.143. The highest BCUT2D eigenvalue weighted by Gasteiger charge is 1.95. The van der Waals surface area contributed by atoms with Crippen molar-refractivity contribution in [2.24, 2.45) is 0 Å². The van der Waals surface area contributed by atoms with Crippen LogP contribution >= 0.6 is 11.3 Å². The number of rotatable bonds is 0. The van der Waals surface area contributed by atoms with Crippen LogP contribution in [0.4, 0.5) is 0 Å². The van der Waals surface area contributed by atoms with Crippen LogP contribution in [-0.2, 0) is 0 Å². The van der Waals surface area contributed by atoms with Gasteiger partial charge in [-0.05, 0) is 18.4 Å². The lowest BCUT2D eigenvalue weighted by Crippen LogP contribution is -1.80. The minimum Gasteiger partial charge on any atom is -0.252 e. The molecule has 0 bridgehead atoms. The average Bonchev–Trinajstić information content (AvgIpc) is 2.33. The topological polar surface area (TPSA) is 25.8 Å². The molecule has 2 heterocycles. The third kappa shape index (κ3) is 0.789. The second kappa shape index (κ2) is 2.02. The number of thiophene rings is 1. The fourth-order valence-electron chi connectivity index (χ4n) is 0.828. The summed E-state index contributed by atoms with van der Waals surface area (Å²) in [5.41, 5.74) is 1.98. The molecular formula is C7H6N2S. The summed E-state index contributed by atoms with van der Waals surface area (Å²) >= 11 is 1.63. The second-order valence-corrected chi connectivity index (χ2v) is 3.02. The third-order valence-corrected chi connectivity index (χ3v) is 2.09. The first kappa shape index (κ1) is 5.80. The summed E-state index contributed by atoms with van der Waals surface area (Å²) in [4.78, 5) is 9.51. The number of fused-ring (bicyclic) bond motifs is 1. The van der Waals surface area contributed by atoms with Gasteiger partial charge in [0.2, 0.25) is 0 Å². The molecule has 0 amide bonds. The number of hydrogen-bond donors (Lipinski definition) is 0. The van der Waals surface area contributed by atoms with Crippen LogP contribution in [0.5, 0.6) is 0 Å². The molecule has 50 valence electrons. The molecule has 0 radical (unpaired) electrons. The highest BCUT2D eigenvalue weighted by Crippen LogP contribution is 2.15. The molecule has 0 N–H and O–H groups in total. The molecule has 3 heteroatoms. The molecule has 0 spiro atoms. The summed E-state index contributed by atoms with van der Waals surface area (Å²) in [5.74, 6) is 0. The normalized spacial score (nSPS) is 10.5. The maximum atomic E-state index is 4.29. The van der Waals surface area contributed by atoms with Gasteiger partial charge in [0, 0.05) is 6.20 Å². The Balaban J connectivity index is 2.86. The van der Waals surface area contributed by atoms with E-state index in [9.17, 15) is 0 Å². The van der Waals surface area contributed by atoms with E-state index in [2.05, 4.69) is 9.97 Å². The Morgan fingerprint density at radius 2 is 2.40 bits per heavy atom. The van der Waals surface area contributed by atoms with Crippen LogP contribution < -0.4 is 0 Å². The third-order valence-electron chi connectivity index (χ3n) is 1.29. The van der Waals surface area contributed by atoms with E-state index in [0.29, 0.717) is 0 Å². The van der Waals surface area contributed by atoms with E-state index in [1.54, 1.807) is 17.5 Å². The van der Waals surface area contributed by atoms with Crippen molar-refractivity contribution in [2.75, 3.05) is 0 Å². The van der Waals surface area contributed by atoms with Crippen LogP contribution in [0.2, 0.25) is 0 Å². The molecule has 0 aromatic carbocycles. The summed E-state index contributed by atoms with van der Waals surface area (Å²) in [5, 5.41) is 2.00. The lowest BCUT2D eigenvalue weighted by Gasteiger charge is -1.88. The molecule has 0 unspecified atom stereocenters. The lowest BCUT2D eigenvalue weighted by atomic mass is 10.5. The molecule has 2 aromatic rings. The van der Waals surface area contributed by atoms with E-state index >= 15 is 0 Å². The van der Waals surface area contributed by atoms with Crippen molar-refractivity contribution >= 4 is 21.7 Å². The van der Waals surface area contributed by atoms with Crippen molar-refractivity contribution in [3.8, 4) is 0 Å². The van der Waals surface area contributed by atoms with Crippen molar-refractivity contribution < 1.29 is 0 Å². The van der Waals surface area contributed by atoms with Crippen molar-refractivity contribution in [3.63, 3.8) is 0 Å². The Labute approximate surface area is 62.6 Å². The van der Waals surface area contributed by atoms with Gasteiger partial charge in [-0.25, -0.2) is 4.98 Å². The Morgan fingerprint density at radius 3 is 3.30 bits per heavy atom. The summed E-state index contributed by atoms with van der Waals surface area (Å²) in [6.45, 7) is 1.95. The van der Waals surface area contributed by atoms with Gasteiger partial charge in [-0.15, -0.1) is 11.3 Å². The first-order chi connectivity index (χ1) is 4.86. The monoisotopic (exact) mass is 150 g/mol. The maximum absolute atomic E-state index is 4.29. The number of aromatic nitrogens is 2. The summed E-state index contributed by atoms with van der Waals surface area (Å²) < 4.78 is 0. The van der Waals surface area contributed by atoms with Crippen molar-refractivity contribution in [3.05, 3.63) is 23.3 Å². The van der Waals surface area contributed by atoms with E-state index in [1.807, 2.05) is 18.4 Å². The van der Waals surface area contributed by atoms with Gasteiger partial charge in [0.05, 0.1) is 11.2 Å². The SMILES string of the molecule is Cc1cnc2ccsc2n1. The smallest absolute Gasteiger partial charge is 0.142 e. The minimum absolute atomic E-state index is 0.981. The van der Waals surface area contributed by atoms with Crippen LogP contribution in [0.1, 0.15) is 5.69 Å². The summed E-state index contributed by atoms with van der Waals surface area (Å²) in [6, 6.07) is 1.98. The highest BCUT2D eigenvalue weighted by molar-refractivity contribution is 7.16. The van der Waals surface area contributed by atoms with Crippen molar-refractivity contribution in [1.82, 2.24) is 9.97 Å². The van der Waals surface area contributed by atoms with Gasteiger partial charge in [0.25, 0.3) is 0 Å². The Hall–Kier alpha value is -0.960. The molecule has 10 heavy (non-hydrogen) atoms. The van der Waals surface area contributed by atoms with Gasteiger partial charge < -0.3 is 0 Å². The van der Waals surface area contributed by atoms with E-state index in [0.717, 1.165) is 16.0 Å². The van der Waals surface area contributed by atoms with Crippen molar-refractivity contribution in [2.45, 2.75) is 6.92 Å². The van der Waals surface area contributed by atoms with Crippen molar-refractivity contribution in [1.29, 1.82) is 0 Å². The van der Waals surface area contributed by atoms with Gasteiger partial charge in [-0.2, -0.15) is 0 Å². The summed E-state index contributed by atoms with van der Waals surface area (Å²) in [6.07, 6.45) is 1.79. The molecule has 2 rings (SSSR count). The van der Waals surface area contributed by atoms with Crippen LogP contribution in [0.3, 0.4) is 0 Å². The predicted octanol–water partition coefficient (Wildman–Crippen LogP) is 2.00. The van der Waals surface area contributed by atoms with Gasteiger partial charge in [0.1, 0.15) is 4.83 Å². The molecule has 0 aliphatic carbocycles. The van der Waals surface area contributed by atoms with E-state index < -0.39 is 0 Å². The van der Waals surface area contributed by atoms with E-state index in [-0.39, 0.29) is 0 Å². The van der Waals surface area contributed by atoms with E-state index in [4.69, 9.17) is 0 Å². The number of hydrogen-bond acceptors (Lipinski definition) is 3. The van der Waals surface area contributed by atoms with Crippen LogP contribution in [0.25, 0.3) is 10.3 Å². The van der Waals surface area contributed by atoms with Crippen LogP contribution in [-0.4, -0.2) is 9.97 Å². The van der Waals surface area contributed by atoms with Gasteiger partial charge in [-0.3, -0.25) is 4.98 Å². The Bertz CT molecular complexity index is 353. The zero-order valence-corrected chi connectivity index (χ0v) is 6.35. The molecule has 0 fully saturated rings. The second-order valence-electron chi connectivity index (χ2n) is 2.12. The molecule has 0 aliphatic rings. The first-order valence-electron chi connectivity index (χ1n) is 3.03. The standard InChI is InChI=1S/C7H6N2S/c1-5-4-8-6-2-3-10-7(6)9-5/h2-4H,1H3. The van der Waals surface area contributed by atoms with Crippen LogP contribution in [0.15, 0.2) is 17.6 Å². The zero-order valence-electron chi connectivity index (χ0n) is 5.53. The zero-order chi connectivity index (χ0) is 6.97. The molecule has 0 atom stereocenters. The van der Waals surface area contributed by atoms with Crippen LogP contribution in [0, 0.1) is 6.92 Å². The predicted molar refractivity (Wildman–Crippen MR) is 42.2 cm³/mol. The Morgan fingerprint density at radius 1 is 1.50 bits per heavy atom. The minimum atomic E-state index is 0.981. The maximum Gasteiger partial charge on any atom is 0.142 e. The fourth-order valence-corrected chi connectivity index (χ4v) is 1.59. The Kier molecular flexibility index (Phi) is 1.17. The van der Waals surface area contributed by atoms with Gasteiger partial charge >= 0.3 is 0 Å². The number of aryl methyl sites for hydroxylation is 1. The molecule has 0 aliphatic heterocycles. The molecule has 2 aromatic heterocycles. The molecular weight excluding hydrogens is 144 g/mol. The van der Waals surface area contributed by atoms with E-state index in [1.165, 1.54) is 0 Å². The highest BCUT2D eigenvalue weighted by atomic mass is 32.1. The summed E-state index contributed by atoms with van der Waals surface area (Å²) in [7, 11) is 0. The molecule has 2 nitrogen and oxygen atoms in total. The quantitative estimate of drug-likeness (QED) is 0.574. The first-order valence-corrected chi connectivity index (χ1v) is 3.91. The lowest BCUT2D eigenvalue weighted by molar-refractivity contribution is 1.20. The van der Waals surface area contributed by atoms with Gasteiger partial charge in [-0.1, -0.05) is 0 Å².